The van der Waals surface area contributed by atoms with Crippen molar-refractivity contribution in [3.8, 4) is 0 Å². The van der Waals surface area contributed by atoms with E-state index in [9.17, 15) is 35.4 Å². The number of rotatable bonds is 13. The molecule has 1 aromatic rings. The zero-order chi connectivity index (χ0) is 49.1. The van der Waals surface area contributed by atoms with E-state index in [1.807, 2.05) is 44.2 Å². The fourth-order valence-corrected chi connectivity index (χ4v) is 14.1. The van der Waals surface area contributed by atoms with Gasteiger partial charge in [0.2, 0.25) is 0 Å². The Morgan fingerprint density at radius 1 is 0.735 bits per heavy atom. The number of hydrogen-bond donors (Lipinski definition) is 6. The molecular weight excluding hydrogens is 885 g/mol. The van der Waals surface area contributed by atoms with Crippen LogP contribution in [0.2, 0.25) is 0 Å². The molecule has 7 fully saturated rings. The Kier molecular flexibility index (Phi) is 15.4. The summed E-state index contributed by atoms with van der Waals surface area (Å²) >= 11 is 0. The van der Waals surface area contributed by atoms with Crippen LogP contribution in [-0.2, 0) is 52.2 Å². The second-order valence-electron chi connectivity index (χ2n) is 21.5. The lowest BCUT2D eigenvalue weighted by atomic mass is 9.40. The van der Waals surface area contributed by atoms with Crippen molar-refractivity contribution >= 4 is 12.0 Å². The number of methoxy groups -OCH3 is 3. The summed E-state index contributed by atoms with van der Waals surface area (Å²) in [5.74, 6) is -1.02. The first-order chi connectivity index (χ1) is 32.2. The molecule has 23 atom stereocenters. The summed E-state index contributed by atoms with van der Waals surface area (Å²) in [7, 11) is 4.63. The molecule has 68 heavy (non-hydrogen) atoms. The summed E-state index contributed by atoms with van der Waals surface area (Å²) in [6.45, 7) is 10.8. The highest BCUT2D eigenvalue weighted by Crippen LogP contribution is 2.72. The van der Waals surface area contributed by atoms with Crippen molar-refractivity contribution in [2.24, 2.45) is 22.7 Å². The summed E-state index contributed by atoms with van der Waals surface area (Å²) in [4.78, 5) is 13.6. The Labute approximate surface area is 400 Å². The zero-order valence-corrected chi connectivity index (χ0v) is 41.2. The van der Waals surface area contributed by atoms with Crippen molar-refractivity contribution in [3.05, 3.63) is 42.0 Å². The highest BCUT2D eigenvalue weighted by atomic mass is 16.8. The SMILES string of the molecule is COC1CC(OC2CCC3(C)C(CCC4(O)C3CC(OC(=O)C=Cc3ccccc3)C3(C)C(O)(C(C)O)CCC43O)C2)OC(C)C1OC1CC(OC)C(OC2OC(C)C(O)C(OC)C2O)C(C)O1. The lowest BCUT2D eigenvalue weighted by Crippen LogP contribution is -2.79. The predicted molar refractivity (Wildman–Crippen MR) is 243 cm³/mol. The van der Waals surface area contributed by atoms with E-state index in [-0.39, 0.29) is 37.7 Å². The molecule has 0 bridgehead atoms. The number of esters is 1. The van der Waals surface area contributed by atoms with E-state index in [4.69, 9.17) is 47.4 Å². The van der Waals surface area contributed by atoms with Crippen molar-refractivity contribution < 1.29 is 82.8 Å². The number of carbonyl (C=O) groups is 1. The summed E-state index contributed by atoms with van der Waals surface area (Å²) in [6, 6.07) is 9.36. The molecule has 0 aromatic heterocycles. The van der Waals surface area contributed by atoms with Crippen LogP contribution >= 0.6 is 0 Å². The van der Waals surface area contributed by atoms with E-state index < -0.39 is 132 Å². The van der Waals surface area contributed by atoms with E-state index in [1.54, 1.807) is 34.1 Å². The molecule has 4 aliphatic carbocycles. The minimum Gasteiger partial charge on any atom is -0.458 e. The number of ether oxygens (including phenoxy) is 10. The van der Waals surface area contributed by atoms with Crippen LogP contribution in [0.15, 0.2) is 36.4 Å². The van der Waals surface area contributed by atoms with Crippen LogP contribution in [0, 0.1) is 22.7 Å². The van der Waals surface area contributed by atoms with Gasteiger partial charge in [-0.2, -0.15) is 0 Å². The van der Waals surface area contributed by atoms with Crippen LogP contribution in [0.5, 0.6) is 0 Å². The summed E-state index contributed by atoms with van der Waals surface area (Å²) in [5, 5.41) is 70.7. The van der Waals surface area contributed by atoms with Gasteiger partial charge in [0.15, 0.2) is 18.9 Å². The van der Waals surface area contributed by atoms with Crippen LogP contribution in [0.25, 0.3) is 6.08 Å². The molecule has 17 heteroatoms. The second kappa shape index (κ2) is 20.0. The van der Waals surface area contributed by atoms with E-state index in [0.717, 1.165) is 5.56 Å². The predicted octanol–water partition coefficient (Wildman–Crippen LogP) is 3.54. The Morgan fingerprint density at radius 3 is 1.99 bits per heavy atom. The normalized spacial score (nSPS) is 50.0. The molecule has 1 aromatic carbocycles. The quantitative estimate of drug-likeness (QED) is 0.0944. The summed E-state index contributed by atoms with van der Waals surface area (Å²) in [6.07, 6.45) is -4.68. The molecule has 3 saturated heterocycles. The van der Waals surface area contributed by atoms with Crippen LogP contribution in [-0.4, -0.2) is 173 Å². The number of carbonyl (C=O) groups excluding carboxylic acids is 1. The molecular formula is C51H78O17. The van der Waals surface area contributed by atoms with Crippen molar-refractivity contribution in [3.63, 3.8) is 0 Å². The maximum Gasteiger partial charge on any atom is 0.331 e. The molecule has 3 aliphatic heterocycles. The standard InChI is InChI=1S/C51H78O17/c1-27-41(54)45(61-9)42(55)46(64-27)68-44-29(3)63-40(25-35(44)60-8)67-43-28(2)62-39(24-34(43)59-7)65-33-18-19-47(5)32(23-33)17-20-50(57)36(47)26-37(66-38(53)16-15-31-13-11-10-12-14-31)48(6)49(56,30(4)52)21-22-51(48,50)58/h10-16,27-30,32-37,39-46,52,54-58H,17-26H2,1-9H3. The summed E-state index contributed by atoms with van der Waals surface area (Å²) in [5.41, 5.74) is -6.56. The van der Waals surface area contributed by atoms with Crippen molar-refractivity contribution in [1.82, 2.24) is 0 Å². The Hall–Kier alpha value is -2.17. The van der Waals surface area contributed by atoms with Gasteiger partial charge in [-0.15, -0.1) is 0 Å². The van der Waals surface area contributed by atoms with Gasteiger partial charge in [-0.3, -0.25) is 0 Å². The van der Waals surface area contributed by atoms with Crippen LogP contribution in [0.1, 0.15) is 111 Å². The van der Waals surface area contributed by atoms with E-state index in [1.165, 1.54) is 20.1 Å². The monoisotopic (exact) mass is 963 g/mol. The van der Waals surface area contributed by atoms with Crippen LogP contribution in [0.4, 0.5) is 0 Å². The number of aliphatic hydroxyl groups is 6. The molecule has 0 spiro atoms. The topological polar surface area (TPSA) is 231 Å². The molecule has 0 amide bonds. The first-order valence-electron chi connectivity index (χ1n) is 24.8. The molecule has 4 saturated carbocycles. The third kappa shape index (κ3) is 8.84. The second-order valence-corrected chi connectivity index (χ2v) is 21.5. The van der Waals surface area contributed by atoms with Gasteiger partial charge < -0.3 is 78.0 Å². The van der Waals surface area contributed by atoms with E-state index >= 15 is 0 Å². The minimum atomic E-state index is -1.86. The van der Waals surface area contributed by atoms with Gasteiger partial charge in [-0.1, -0.05) is 44.2 Å². The molecule has 17 nitrogen and oxygen atoms in total. The molecule has 23 unspecified atom stereocenters. The molecule has 6 N–H and O–H groups in total. The number of hydrogen-bond acceptors (Lipinski definition) is 17. The Bertz CT molecular complexity index is 1910. The Morgan fingerprint density at radius 2 is 1.37 bits per heavy atom. The van der Waals surface area contributed by atoms with Gasteiger partial charge in [0.25, 0.3) is 0 Å². The largest absolute Gasteiger partial charge is 0.458 e. The lowest BCUT2D eigenvalue weighted by Gasteiger charge is -2.69. The zero-order valence-electron chi connectivity index (χ0n) is 41.2. The van der Waals surface area contributed by atoms with Gasteiger partial charge in [0.05, 0.1) is 53.7 Å². The fourth-order valence-electron chi connectivity index (χ4n) is 14.1. The highest BCUT2D eigenvalue weighted by molar-refractivity contribution is 5.87. The van der Waals surface area contributed by atoms with Crippen LogP contribution in [0.3, 0.4) is 0 Å². The number of fused-ring (bicyclic) bond motifs is 5. The average Bonchev–Trinajstić information content (AvgIpc) is 3.54. The first-order valence-corrected chi connectivity index (χ1v) is 24.8. The van der Waals surface area contributed by atoms with Gasteiger partial charge in [-0.25, -0.2) is 4.79 Å². The van der Waals surface area contributed by atoms with Gasteiger partial charge >= 0.3 is 5.97 Å². The molecule has 8 rings (SSSR count). The fraction of sp³-hybridized carbons (Fsp3) is 0.824. The average molecular weight is 963 g/mol. The van der Waals surface area contributed by atoms with Gasteiger partial charge in [0.1, 0.15) is 47.8 Å². The third-order valence-electron chi connectivity index (χ3n) is 18.2. The third-order valence-corrected chi connectivity index (χ3v) is 18.2. The smallest absolute Gasteiger partial charge is 0.331 e. The lowest BCUT2D eigenvalue weighted by molar-refractivity contribution is -0.353. The molecule has 384 valence electrons. The summed E-state index contributed by atoms with van der Waals surface area (Å²) < 4.78 is 61.8. The number of aliphatic hydroxyl groups excluding tert-OH is 3. The molecule has 0 radical (unpaired) electrons. The van der Waals surface area contributed by atoms with Crippen molar-refractivity contribution in [2.45, 2.75) is 221 Å². The Balaban J connectivity index is 0.910. The van der Waals surface area contributed by atoms with Crippen molar-refractivity contribution in [1.29, 1.82) is 0 Å². The van der Waals surface area contributed by atoms with E-state index in [2.05, 4.69) is 6.92 Å². The highest BCUT2D eigenvalue weighted by Gasteiger charge is 2.81. The maximum absolute atomic E-state index is 13.6. The molecule has 3 heterocycles. The van der Waals surface area contributed by atoms with Crippen LogP contribution < -0.4 is 0 Å². The minimum absolute atomic E-state index is 0.0329. The molecule has 7 aliphatic rings. The van der Waals surface area contributed by atoms with Crippen molar-refractivity contribution in [2.75, 3.05) is 21.3 Å². The maximum atomic E-state index is 13.6. The van der Waals surface area contributed by atoms with Gasteiger partial charge in [-0.05, 0) is 108 Å². The van der Waals surface area contributed by atoms with Gasteiger partial charge in [0, 0.05) is 40.2 Å². The first kappa shape index (κ1) is 52.2. The van der Waals surface area contributed by atoms with E-state index in [0.29, 0.717) is 38.5 Å². The number of benzene rings is 1.